The molecule has 0 saturated heterocycles. The van der Waals surface area contributed by atoms with Gasteiger partial charge in [0.2, 0.25) is 0 Å². The molecule has 0 spiro atoms. The highest BCUT2D eigenvalue weighted by atomic mass is 32.1. The first-order valence-electron chi connectivity index (χ1n) is 5.95. The van der Waals surface area contributed by atoms with Crippen LogP contribution in [-0.2, 0) is 13.1 Å². The van der Waals surface area contributed by atoms with Crippen LogP contribution in [0.3, 0.4) is 0 Å². The summed E-state index contributed by atoms with van der Waals surface area (Å²) in [6, 6.07) is 0.724. The smallest absolute Gasteiger partial charge is 0.123 e. The van der Waals surface area contributed by atoms with E-state index in [0.29, 0.717) is 0 Å². The van der Waals surface area contributed by atoms with Gasteiger partial charge in [0.15, 0.2) is 0 Å². The largest absolute Gasteiger partial charge is 0.328 e. The van der Waals surface area contributed by atoms with Crippen LogP contribution in [-0.4, -0.2) is 20.6 Å². The number of aryl methyl sites for hydroxylation is 1. The number of aromatic nitrogens is 3. The molecule has 2 aromatic rings. The molecule has 1 aliphatic rings. The number of imidazole rings is 1. The predicted molar refractivity (Wildman–Crippen MR) is 68.0 cm³/mol. The lowest BCUT2D eigenvalue weighted by molar-refractivity contribution is 0.615. The van der Waals surface area contributed by atoms with Gasteiger partial charge in [-0.2, -0.15) is 0 Å². The van der Waals surface area contributed by atoms with E-state index in [1.54, 1.807) is 11.3 Å². The molecule has 5 heteroatoms. The molecule has 0 radical (unpaired) electrons. The van der Waals surface area contributed by atoms with Crippen LogP contribution < -0.4 is 5.32 Å². The Labute approximate surface area is 105 Å². The summed E-state index contributed by atoms with van der Waals surface area (Å²) in [5.41, 5.74) is 1.12. The number of hydrogen-bond acceptors (Lipinski definition) is 4. The fourth-order valence-corrected chi connectivity index (χ4v) is 2.43. The number of thiazole rings is 1. The summed E-state index contributed by atoms with van der Waals surface area (Å²) in [4.78, 5) is 8.88. The lowest BCUT2D eigenvalue weighted by atomic mass is 10.4. The third-order valence-electron chi connectivity index (χ3n) is 2.93. The number of hydrogen-bond donors (Lipinski definition) is 1. The molecule has 0 aromatic carbocycles. The van der Waals surface area contributed by atoms with Gasteiger partial charge in [-0.3, -0.25) is 0 Å². The van der Waals surface area contributed by atoms with Gasteiger partial charge in [-0.25, -0.2) is 9.97 Å². The van der Waals surface area contributed by atoms with Gasteiger partial charge in [0.05, 0.1) is 23.8 Å². The van der Waals surface area contributed by atoms with Gasteiger partial charge in [-0.1, -0.05) is 0 Å². The Morgan fingerprint density at radius 1 is 1.53 bits per heavy atom. The second kappa shape index (κ2) is 4.58. The van der Waals surface area contributed by atoms with Gasteiger partial charge in [-0.05, 0) is 19.8 Å². The average molecular weight is 248 g/mol. The van der Waals surface area contributed by atoms with E-state index in [-0.39, 0.29) is 0 Å². The first-order valence-corrected chi connectivity index (χ1v) is 6.83. The van der Waals surface area contributed by atoms with Crippen molar-refractivity contribution in [1.82, 2.24) is 19.9 Å². The quantitative estimate of drug-likeness (QED) is 0.879. The molecule has 0 unspecified atom stereocenters. The molecule has 0 atom stereocenters. The van der Waals surface area contributed by atoms with Crippen LogP contribution >= 0.6 is 11.3 Å². The molecule has 4 nitrogen and oxygen atoms in total. The molecule has 0 aliphatic heterocycles. The minimum atomic E-state index is 0.724. The van der Waals surface area contributed by atoms with Crippen molar-refractivity contribution in [3.8, 4) is 0 Å². The summed E-state index contributed by atoms with van der Waals surface area (Å²) in [5.74, 6) is 1.10. The zero-order valence-electron chi connectivity index (χ0n) is 9.89. The van der Waals surface area contributed by atoms with Crippen molar-refractivity contribution in [3.05, 3.63) is 34.3 Å². The highest BCUT2D eigenvalue weighted by molar-refractivity contribution is 7.09. The van der Waals surface area contributed by atoms with Gasteiger partial charge >= 0.3 is 0 Å². The highest BCUT2D eigenvalue weighted by Gasteiger charge is 2.20. The molecule has 0 amide bonds. The molecule has 1 fully saturated rings. The standard InChI is InChI=1S/C12H16N4S/c1-9-15-11(8-17-9)7-16-5-4-13-12(16)6-14-10-2-3-10/h4-5,8,10,14H,2-3,6-7H2,1H3. The molecule has 0 bridgehead atoms. The van der Waals surface area contributed by atoms with E-state index in [0.717, 1.165) is 35.7 Å². The second-order valence-corrected chi connectivity index (χ2v) is 5.55. The molecule has 2 heterocycles. The fraction of sp³-hybridized carbons (Fsp3) is 0.500. The zero-order valence-corrected chi connectivity index (χ0v) is 10.7. The Hall–Kier alpha value is -1.20. The SMILES string of the molecule is Cc1nc(Cn2ccnc2CNC2CC2)cs1. The molecular weight excluding hydrogens is 232 g/mol. The average Bonchev–Trinajstić information content (AvgIpc) is 2.90. The Bertz CT molecular complexity index is 498. The van der Waals surface area contributed by atoms with Crippen LogP contribution in [0.5, 0.6) is 0 Å². The van der Waals surface area contributed by atoms with E-state index in [1.165, 1.54) is 12.8 Å². The molecule has 2 aromatic heterocycles. The predicted octanol–water partition coefficient (Wildman–Crippen LogP) is 1.95. The van der Waals surface area contributed by atoms with E-state index in [1.807, 2.05) is 19.3 Å². The Balaban J connectivity index is 1.67. The summed E-state index contributed by atoms with van der Waals surface area (Å²) in [6.45, 7) is 3.73. The lowest BCUT2D eigenvalue weighted by Gasteiger charge is -2.06. The van der Waals surface area contributed by atoms with Crippen LogP contribution in [0, 0.1) is 6.92 Å². The van der Waals surface area contributed by atoms with Crippen molar-refractivity contribution in [2.45, 2.75) is 38.9 Å². The molecule has 90 valence electrons. The summed E-state index contributed by atoms with van der Waals surface area (Å²) < 4.78 is 2.17. The van der Waals surface area contributed by atoms with Gasteiger partial charge < -0.3 is 9.88 Å². The van der Waals surface area contributed by atoms with Crippen LogP contribution in [0.2, 0.25) is 0 Å². The van der Waals surface area contributed by atoms with E-state index < -0.39 is 0 Å². The zero-order chi connectivity index (χ0) is 11.7. The topological polar surface area (TPSA) is 42.7 Å². The van der Waals surface area contributed by atoms with Crippen molar-refractivity contribution < 1.29 is 0 Å². The van der Waals surface area contributed by atoms with Crippen molar-refractivity contribution in [2.75, 3.05) is 0 Å². The first-order chi connectivity index (χ1) is 8.31. The summed E-state index contributed by atoms with van der Waals surface area (Å²) in [7, 11) is 0. The molecule has 3 rings (SSSR count). The summed E-state index contributed by atoms with van der Waals surface area (Å²) in [5, 5.41) is 6.73. The van der Waals surface area contributed by atoms with Crippen LogP contribution in [0.1, 0.15) is 29.4 Å². The van der Waals surface area contributed by atoms with Gasteiger partial charge in [0, 0.05) is 23.8 Å². The van der Waals surface area contributed by atoms with Crippen molar-refractivity contribution in [1.29, 1.82) is 0 Å². The summed E-state index contributed by atoms with van der Waals surface area (Å²) in [6.07, 6.45) is 6.51. The molecule has 1 saturated carbocycles. The monoisotopic (exact) mass is 248 g/mol. The van der Waals surface area contributed by atoms with Gasteiger partial charge in [-0.15, -0.1) is 11.3 Å². The van der Waals surface area contributed by atoms with Gasteiger partial charge in [0.25, 0.3) is 0 Å². The van der Waals surface area contributed by atoms with Crippen LogP contribution in [0.15, 0.2) is 17.8 Å². The van der Waals surface area contributed by atoms with Crippen molar-refractivity contribution >= 4 is 11.3 Å². The third-order valence-corrected chi connectivity index (χ3v) is 3.75. The highest BCUT2D eigenvalue weighted by Crippen LogP contribution is 2.19. The van der Waals surface area contributed by atoms with Crippen LogP contribution in [0.25, 0.3) is 0 Å². The number of nitrogens with one attached hydrogen (secondary N) is 1. The van der Waals surface area contributed by atoms with Gasteiger partial charge in [0.1, 0.15) is 5.82 Å². The third kappa shape index (κ3) is 2.73. The number of nitrogens with zero attached hydrogens (tertiary/aromatic N) is 3. The maximum absolute atomic E-state index is 4.48. The minimum absolute atomic E-state index is 0.724. The lowest BCUT2D eigenvalue weighted by Crippen LogP contribution is -2.19. The minimum Gasteiger partial charge on any atom is -0.328 e. The van der Waals surface area contributed by atoms with Crippen molar-refractivity contribution in [2.24, 2.45) is 0 Å². The fourth-order valence-electron chi connectivity index (χ4n) is 1.83. The Morgan fingerprint density at radius 2 is 2.41 bits per heavy atom. The van der Waals surface area contributed by atoms with Crippen molar-refractivity contribution in [3.63, 3.8) is 0 Å². The Morgan fingerprint density at radius 3 is 3.12 bits per heavy atom. The molecular formula is C12H16N4S. The molecule has 1 aliphatic carbocycles. The van der Waals surface area contributed by atoms with Crippen LogP contribution in [0.4, 0.5) is 0 Å². The molecule has 17 heavy (non-hydrogen) atoms. The van der Waals surface area contributed by atoms with E-state index in [4.69, 9.17) is 0 Å². The van der Waals surface area contributed by atoms with E-state index in [2.05, 4.69) is 25.2 Å². The normalized spacial score (nSPS) is 15.4. The summed E-state index contributed by atoms with van der Waals surface area (Å²) >= 11 is 1.70. The Kier molecular flexibility index (Phi) is 2.94. The second-order valence-electron chi connectivity index (χ2n) is 4.48. The first kappa shape index (κ1) is 10.9. The maximum Gasteiger partial charge on any atom is 0.123 e. The van der Waals surface area contributed by atoms with E-state index >= 15 is 0 Å². The number of rotatable bonds is 5. The molecule has 1 N–H and O–H groups in total. The van der Waals surface area contributed by atoms with E-state index in [9.17, 15) is 0 Å². The maximum atomic E-state index is 4.48.